The minimum Gasteiger partial charge on any atom is -0.322 e. The molecule has 5 heteroatoms. The van der Waals surface area contributed by atoms with Crippen molar-refractivity contribution in [3.05, 3.63) is 45.2 Å². The first-order valence-corrected chi connectivity index (χ1v) is 6.85. The summed E-state index contributed by atoms with van der Waals surface area (Å²) in [5.74, 6) is 0. The molecule has 0 atom stereocenters. The predicted molar refractivity (Wildman–Crippen MR) is 77.7 cm³/mol. The monoisotopic (exact) mass is 277 g/mol. The summed E-state index contributed by atoms with van der Waals surface area (Å²) in [5, 5.41) is 4.98. The molecule has 1 aliphatic rings. The van der Waals surface area contributed by atoms with E-state index >= 15 is 0 Å². The van der Waals surface area contributed by atoms with Gasteiger partial charge in [-0.25, -0.2) is 0 Å². The van der Waals surface area contributed by atoms with Crippen LogP contribution >= 0.6 is 11.6 Å². The van der Waals surface area contributed by atoms with Crippen molar-refractivity contribution in [2.45, 2.75) is 6.54 Å². The average molecular weight is 278 g/mol. The van der Waals surface area contributed by atoms with Gasteiger partial charge < -0.3 is 10.3 Å². The highest BCUT2D eigenvalue weighted by Gasteiger charge is 2.12. The summed E-state index contributed by atoms with van der Waals surface area (Å²) in [6.07, 6.45) is 0. The van der Waals surface area contributed by atoms with Crippen LogP contribution in [0, 0.1) is 0 Å². The number of aromatic nitrogens is 1. The van der Waals surface area contributed by atoms with Crippen LogP contribution in [0.3, 0.4) is 0 Å². The molecule has 0 saturated carbocycles. The third-order valence-corrected chi connectivity index (χ3v) is 3.72. The molecule has 0 aliphatic carbocycles. The van der Waals surface area contributed by atoms with Crippen molar-refractivity contribution in [1.29, 1.82) is 0 Å². The Morgan fingerprint density at radius 3 is 2.79 bits per heavy atom. The van der Waals surface area contributed by atoms with Gasteiger partial charge in [0.1, 0.15) is 0 Å². The maximum Gasteiger partial charge on any atom is 0.252 e. The second kappa shape index (κ2) is 5.33. The molecule has 0 unspecified atom stereocenters. The van der Waals surface area contributed by atoms with Crippen LogP contribution in [0.15, 0.2) is 29.1 Å². The Morgan fingerprint density at radius 1 is 1.21 bits per heavy atom. The van der Waals surface area contributed by atoms with Crippen LogP contribution in [-0.4, -0.2) is 36.1 Å². The predicted octanol–water partition coefficient (Wildman–Crippen LogP) is 1.59. The summed E-state index contributed by atoms with van der Waals surface area (Å²) in [4.78, 5) is 17.3. The number of hydrogen-bond donors (Lipinski definition) is 2. The number of nitrogens with one attached hydrogen (secondary N) is 2. The first-order valence-electron chi connectivity index (χ1n) is 6.47. The molecule has 2 aromatic rings. The molecule has 1 aromatic heterocycles. The highest BCUT2D eigenvalue weighted by molar-refractivity contribution is 6.31. The van der Waals surface area contributed by atoms with Crippen molar-refractivity contribution in [2.24, 2.45) is 0 Å². The fraction of sp³-hybridized carbons (Fsp3) is 0.357. The van der Waals surface area contributed by atoms with Crippen LogP contribution in [0.4, 0.5) is 0 Å². The summed E-state index contributed by atoms with van der Waals surface area (Å²) in [6, 6.07) is 7.46. The summed E-state index contributed by atoms with van der Waals surface area (Å²) in [7, 11) is 0. The molecule has 0 amide bonds. The average Bonchev–Trinajstić information content (AvgIpc) is 2.41. The van der Waals surface area contributed by atoms with Crippen LogP contribution in [0.5, 0.6) is 0 Å². The van der Waals surface area contributed by atoms with E-state index in [4.69, 9.17) is 11.6 Å². The van der Waals surface area contributed by atoms with E-state index in [9.17, 15) is 4.79 Å². The number of aromatic amines is 1. The van der Waals surface area contributed by atoms with Crippen molar-refractivity contribution >= 4 is 22.5 Å². The number of hydrogen-bond acceptors (Lipinski definition) is 3. The van der Waals surface area contributed by atoms with E-state index in [0.717, 1.165) is 42.6 Å². The summed E-state index contributed by atoms with van der Waals surface area (Å²) >= 11 is 5.99. The van der Waals surface area contributed by atoms with E-state index in [1.807, 2.05) is 18.2 Å². The fourth-order valence-corrected chi connectivity index (χ4v) is 2.63. The summed E-state index contributed by atoms with van der Waals surface area (Å²) in [5.41, 5.74) is 1.63. The molecule has 2 heterocycles. The van der Waals surface area contributed by atoms with Gasteiger partial charge in [0.15, 0.2) is 0 Å². The lowest BCUT2D eigenvalue weighted by molar-refractivity contribution is 0.232. The van der Waals surface area contributed by atoms with Gasteiger partial charge in [0.2, 0.25) is 0 Å². The second-order valence-electron chi connectivity index (χ2n) is 4.88. The molecule has 19 heavy (non-hydrogen) atoms. The zero-order chi connectivity index (χ0) is 13.2. The SMILES string of the molecule is O=c1[nH]c2ccc(Cl)cc2cc1CN1CCNCC1. The summed E-state index contributed by atoms with van der Waals surface area (Å²) in [6.45, 7) is 4.62. The number of halogens is 1. The standard InChI is InChI=1S/C14H16ClN3O/c15-12-1-2-13-10(8-12)7-11(14(19)17-13)9-18-5-3-16-4-6-18/h1-2,7-8,16H,3-6,9H2,(H,17,19). The van der Waals surface area contributed by atoms with Crippen molar-refractivity contribution in [1.82, 2.24) is 15.2 Å². The molecule has 0 spiro atoms. The number of fused-ring (bicyclic) bond motifs is 1. The topological polar surface area (TPSA) is 48.1 Å². The van der Waals surface area contributed by atoms with E-state index in [-0.39, 0.29) is 5.56 Å². The van der Waals surface area contributed by atoms with E-state index in [1.165, 1.54) is 0 Å². The van der Waals surface area contributed by atoms with Crippen molar-refractivity contribution in [3.8, 4) is 0 Å². The molecule has 0 bridgehead atoms. The van der Waals surface area contributed by atoms with Gasteiger partial charge in [0, 0.05) is 54.2 Å². The maximum absolute atomic E-state index is 12.1. The van der Waals surface area contributed by atoms with Gasteiger partial charge in [-0.2, -0.15) is 0 Å². The molecule has 1 saturated heterocycles. The quantitative estimate of drug-likeness (QED) is 0.876. The fourth-order valence-electron chi connectivity index (χ4n) is 2.45. The molecule has 1 aromatic carbocycles. The lowest BCUT2D eigenvalue weighted by Crippen LogP contribution is -2.43. The minimum absolute atomic E-state index is 0.00615. The molecule has 1 aliphatic heterocycles. The molecule has 4 nitrogen and oxygen atoms in total. The zero-order valence-electron chi connectivity index (χ0n) is 10.6. The van der Waals surface area contributed by atoms with Crippen molar-refractivity contribution in [3.63, 3.8) is 0 Å². The number of pyridine rings is 1. The molecule has 2 N–H and O–H groups in total. The van der Waals surface area contributed by atoms with Crippen molar-refractivity contribution < 1.29 is 0 Å². The number of rotatable bonds is 2. The highest BCUT2D eigenvalue weighted by atomic mass is 35.5. The van der Waals surface area contributed by atoms with Crippen LogP contribution in [0.1, 0.15) is 5.56 Å². The third kappa shape index (κ3) is 2.81. The van der Waals surface area contributed by atoms with Crippen LogP contribution < -0.4 is 10.9 Å². The zero-order valence-corrected chi connectivity index (χ0v) is 11.3. The van der Waals surface area contributed by atoms with Gasteiger partial charge in [-0.3, -0.25) is 9.69 Å². The number of benzene rings is 1. The molecule has 3 rings (SSSR count). The van der Waals surface area contributed by atoms with Crippen LogP contribution in [-0.2, 0) is 6.54 Å². The van der Waals surface area contributed by atoms with Gasteiger partial charge in [0.05, 0.1) is 0 Å². The van der Waals surface area contributed by atoms with Gasteiger partial charge >= 0.3 is 0 Å². The Bertz CT molecular complexity index is 647. The Morgan fingerprint density at radius 2 is 2.00 bits per heavy atom. The van der Waals surface area contributed by atoms with Crippen molar-refractivity contribution in [2.75, 3.05) is 26.2 Å². The van der Waals surface area contributed by atoms with E-state index in [2.05, 4.69) is 15.2 Å². The Kier molecular flexibility index (Phi) is 3.55. The Balaban J connectivity index is 1.93. The van der Waals surface area contributed by atoms with Gasteiger partial charge in [0.25, 0.3) is 5.56 Å². The lowest BCUT2D eigenvalue weighted by Gasteiger charge is -2.26. The van der Waals surface area contributed by atoms with Crippen LogP contribution in [0.25, 0.3) is 10.9 Å². The lowest BCUT2D eigenvalue weighted by atomic mass is 10.1. The molecular weight excluding hydrogens is 262 g/mol. The molecule has 100 valence electrons. The van der Waals surface area contributed by atoms with E-state index in [1.54, 1.807) is 6.07 Å². The van der Waals surface area contributed by atoms with E-state index in [0.29, 0.717) is 11.6 Å². The second-order valence-corrected chi connectivity index (χ2v) is 5.32. The third-order valence-electron chi connectivity index (χ3n) is 3.49. The Hall–Kier alpha value is -1.36. The molecule has 1 fully saturated rings. The smallest absolute Gasteiger partial charge is 0.252 e. The highest BCUT2D eigenvalue weighted by Crippen LogP contribution is 2.17. The maximum atomic E-state index is 12.1. The largest absolute Gasteiger partial charge is 0.322 e. The first kappa shape index (κ1) is 12.7. The number of H-pyrrole nitrogens is 1. The first-order chi connectivity index (χ1) is 9.22. The normalized spacial score (nSPS) is 16.9. The van der Waals surface area contributed by atoms with Gasteiger partial charge in [-0.1, -0.05) is 11.6 Å². The number of nitrogens with zero attached hydrogens (tertiary/aromatic N) is 1. The number of piperazine rings is 1. The van der Waals surface area contributed by atoms with Crippen LogP contribution in [0.2, 0.25) is 5.02 Å². The van der Waals surface area contributed by atoms with E-state index < -0.39 is 0 Å². The Labute approximate surface area is 116 Å². The van der Waals surface area contributed by atoms with Gasteiger partial charge in [-0.05, 0) is 24.3 Å². The molecule has 0 radical (unpaired) electrons. The molecular formula is C14H16ClN3O. The summed E-state index contributed by atoms with van der Waals surface area (Å²) < 4.78 is 0. The minimum atomic E-state index is -0.00615. The van der Waals surface area contributed by atoms with Gasteiger partial charge in [-0.15, -0.1) is 0 Å².